The number of allylic oxidation sites excluding steroid dienone is 1. The van der Waals surface area contributed by atoms with E-state index < -0.39 is 5.97 Å². The van der Waals surface area contributed by atoms with Crippen molar-refractivity contribution in [1.82, 2.24) is 0 Å². The first-order valence-corrected chi connectivity index (χ1v) is 5.90. The minimum Gasteiger partial charge on any atom is -0.477 e. The molecule has 1 aliphatic carbocycles. The number of hydrogen-bond donors (Lipinski definition) is 1. The molecular weight excluding hydrogens is 230 g/mol. The first-order valence-electron chi connectivity index (χ1n) is 5.90. The van der Waals surface area contributed by atoms with Gasteiger partial charge in [-0.3, -0.25) is 9.69 Å². The first kappa shape index (κ1) is 12.4. The molecule has 0 bridgehead atoms. The van der Waals surface area contributed by atoms with Crippen molar-refractivity contribution in [2.75, 3.05) is 4.90 Å². The lowest BCUT2D eigenvalue weighted by Gasteiger charge is -2.21. The van der Waals surface area contributed by atoms with E-state index in [2.05, 4.69) is 0 Å². The first-order chi connectivity index (χ1) is 8.59. The molecule has 1 aliphatic rings. The van der Waals surface area contributed by atoms with Crippen molar-refractivity contribution in [1.29, 1.82) is 0 Å². The number of nitrogens with zero attached hydrogens (tertiary/aromatic N) is 1. The lowest BCUT2D eigenvalue weighted by atomic mass is 10.2. The molecule has 0 atom stereocenters. The third kappa shape index (κ3) is 2.77. The van der Waals surface area contributed by atoms with Crippen molar-refractivity contribution < 1.29 is 14.7 Å². The number of hydrogen-bond acceptors (Lipinski definition) is 2. The number of rotatable bonds is 4. The molecule has 0 radical (unpaired) electrons. The van der Waals surface area contributed by atoms with Crippen LogP contribution in [0.4, 0.5) is 5.69 Å². The van der Waals surface area contributed by atoms with Crippen LogP contribution in [0.25, 0.3) is 0 Å². The van der Waals surface area contributed by atoms with Gasteiger partial charge in [-0.25, -0.2) is 4.79 Å². The molecular formula is C14H15NO3. The van der Waals surface area contributed by atoms with Crippen LogP contribution in [-0.4, -0.2) is 17.0 Å². The molecule has 0 heterocycles. The highest BCUT2D eigenvalue weighted by Gasteiger charge is 2.27. The number of carbonyl (C=O) groups is 2. The maximum Gasteiger partial charge on any atom is 0.352 e. The number of anilines is 1. The Morgan fingerprint density at radius 3 is 2.33 bits per heavy atom. The maximum atomic E-state index is 11.7. The predicted octanol–water partition coefficient (Wildman–Crippen LogP) is 2.42. The molecule has 4 heteroatoms. The van der Waals surface area contributed by atoms with E-state index in [1.54, 1.807) is 30.3 Å². The molecule has 1 saturated carbocycles. The van der Waals surface area contributed by atoms with E-state index in [4.69, 9.17) is 0 Å². The van der Waals surface area contributed by atoms with Gasteiger partial charge in [0.2, 0.25) is 5.91 Å². The lowest BCUT2D eigenvalue weighted by molar-refractivity contribution is -0.133. The lowest BCUT2D eigenvalue weighted by Crippen LogP contribution is -2.31. The number of benzene rings is 1. The topological polar surface area (TPSA) is 57.6 Å². The molecule has 0 spiro atoms. The average Bonchev–Trinajstić information content (AvgIpc) is 3.13. The van der Waals surface area contributed by atoms with Crippen LogP contribution in [0.15, 0.2) is 42.1 Å². The number of carboxylic acids is 1. The van der Waals surface area contributed by atoms with Gasteiger partial charge in [-0.1, -0.05) is 18.2 Å². The summed E-state index contributed by atoms with van der Waals surface area (Å²) in [6.45, 7) is 1.37. The largest absolute Gasteiger partial charge is 0.477 e. The van der Waals surface area contributed by atoms with E-state index in [1.165, 1.54) is 11.8 Å². The van der Waals surface area contributed by atoms with Crippen LogP contribution in [0.5, 0.6) is 0 Å². The van der Waals surface area contributed by atoms with Gasteiger partial charge in [0.25, 0.3) is 0 Å². The molecule has 1 aromatic rings. The summed E-state index contributed by atoms with van der Waals surface area (Å²) in [6.07, 6.45) is 3.67. The number of amides is 1. The highest BCUT2D eigenvalue weighted by molar-refractivity contribution is 6.05. The molecule has 0 aromatic heterocycles. The fraction of sp³-hybridized carbons (Fsp3) is 0.286. The van der Waals surface area contributed by atoms with Gasteiger partial charge in [-0.2, -0.15) is 0 Å². The van der Waals surface area contributed by atoms with E-state index in [-0.39, 0.29) is 11.6 Å². The van der Waals surface area contributed by atoms with E-state index in [0.29, 0.717) is 11.6 Å². The zero-order valence-electron chi connectivity index (χ0n) is 10.2. The molecule has 1 N–H and O–H groups in total. The van der Waals surface area contributed by atoms with E-state index in [1.807, 2.05) is 6.07 Å². The van der Waals surface area contributed by atoms with Crippen molar-refractivity contribution in [3.8, 4) is 0 Å². The number of para-hydroxylation sites is 1. The van der Waals surface area contributed by atoms with E-state index in [9.17, 15) is 14.7 Å². The quantitative estimate of drug-likeness (QED) is 0.829. The average molecular weight is 245 g/mol. The standard InChI is InChI=1S/C14H15NO3/c1-10(16)15(12-5-3-2-4-6-12)13(14(17)18)9-11-7-8-11/h2-6,9,11H,7-8H2,1H3,(H,17,18). The summed E-state index contributed by atoms with van der Waals surface area (Å²) >= 11 is 0. The second-order valence-electron chi connectivity index (χ2n) is 4.38. The van der Waals surface area contributed by atoms with Crippen molar-refractivity contribution in [3.05, 3.63) is 42.1 Å². The molecule has 94 valence electrons. The van der Waals surface area contributed by atoms with Crippen molar-refractivity contribution in [2.45, 2.75) is 19.8 Å². The number of carboxylic acid groups (broad SMARTS) is 1. The van der Waals surface area contributed by atoms with Crippen LogP contribution in [0.2, 0.25) is 0 Å². The minimum absolute atomic E-state index is 0.0520. The van der Waals surface area contributed by atoms with Crippen molar-refractivity contribution in [2.24, 2.45) is 5.92 Å². The van der Waals surface area contributed by atoms with Crippen molar-refractivity contribution in [3.63, 3.8) is 0 Å². The summed E-state index contributed by atoms with van der Waals surface area (Å²) in [5.74, 6) is -1.07. The van der Waals surface area contributed by atoms with Gasteiger partial charge in [-0.05, 0) is 37.0 Å². The van der Waals surface area contributed by atoms with Crippen LogP contribution >= 0.6 is 0 Å². The van der Waals surface area contributed by atoms with Gasteiger partial charge in [0, 0.05) is 12.6 Å². The fourth-order valence-electron chi connectivity index (χ4n) is 1.80. The smallest absolute Gasteiger partial charge is 0.352 e. The van der Waals surface area contributed by atoms with Crippen molar-refractivity contribution >= 4 is 17.6 Å². The Bertz CT molecular complexity index is 489. The highest BCUT2D eigenvalue weighted by Crippen LogP contribution is 2.33. The number of carbonyl (C=O) groups excluding carboxylic acids is 1. The maximum absolute atomic E-state index is 11.7. The second-order valence-corrected chi connectivity index (χ2v) is 4.38. The Morgan fingerprint density at radius 1 is 1.28 bits per heavy atom. The van der Waals surface area contributed by atoms with Gasteiger partial charge in [0.1, 0.15) is 5.70 Å². The Morgan fingerprint density at radius 2 is 1.89 bits per heavy atom. The van der Waals surface area contributed by atoms with Crippen LogP contribution in [0, 0.1) is 5.92 Å². The second kappa shape index (κ2) is 5.04. The van der Waals surface area contributed by atoms with Gasteiger partial charge in [0.05, 0.1) is 0 Å². The van der Waals surface area contributed by atoms with E-state index in [0.717, 1.165) is 12.8 Å². The molecule has 18 heavy (non-hydrogen) atoms. The van der Waals surface area contributed by atoms with Crippen LogP contribution < -0.4 is 4.90 Å². The van der Waals surface area contributed by atoms with Crippen LogP contribution in [0.1, 0.15) is 19.8 Å². The molecule has 4 nitrogen and oxygen atoms in total. The Kier molecular flexibility index (Phi) is 3.46. The van der Waals surface area contributed by atoms with Gasteiger partial charge in [-0.15, -0.1) is 0 Å². The molecule has 0 saturated heterocycles. The summed E-state index contributed by atoms with van der Waals surface area (Å²) in [5, 5.41) is 9.27. The predicted molar refractivity (Wildman–Crippen MR) is 68.0 cm³/mol. The number of aliphatic carboxylic acids is 1. The molecule has 0 aliphatic heterocycles. The van der Waals surface area contributed by atoms with Gasteiger partial charge in [0.15, 0.2) is 0 Å². The fourth-order valence-corrected chi connectivity index (χ4v) is 1.80. The zero-order chi connectivity index (χ0) is 13.1. The summed E-state index contributed by atoms with van der Waals surface area (Å²) in [6, 6.07) is 8.84. The molecule has 2 rings (SSSR count). The molecule has 0 unspecified atom stereocenters. The normalized spacial score (nSPS) is 15.3. The van der Waals surface area contributed by atoms with E-state index >= 15 is 0 Å². The molecule has 1 amide bonds. The minimum atomic E-state index is -1.07. The molecule has 1 aromatic carbocycles. The Balaban J connectivity index is 2.39. The van der Waals surface area contributed by atoms with Crippen LogP contribution in [-0.2, 0) is 9.59 Å². The third-order valence-electron chi connectivity index (χ3n) is 2.80. The Hall–Kier alpha value is -2.10. The van der Waals surface area contributed by atoms with Gasteiger partial charge < -0.3 is 5.11 Å². The molecule has 1 fully saturated rings. The highest BCUT2D eigenvalue weighted by atomic mass is 16.4. The van der Waals surface area contributed by atoms with Crippen LogP contribution in [0.3, 0.4) is 0 Å². The monoisotopic (exact) mass is 245 g/mol. The summed E-state index contributed by atoms with van der Waals surface area (Å²) in [4.78, 5) is 24.3. The van der Waals surface area contributed by atoms with Gasteiger partial charge >= 0.3 is 5.97 Å². The summed E-state index contributed by atoms with van der Waals surface area (Å²) < 4.78 is 0. The third-order valence-corrected chi connectivity index (χ3v) is 2.80. The Labute approximate surface area is 106 Å². The summed E-state index contributed by atoms with van der Waals surface area (Å²) in [5.41, 5.74) is 0.635. The zero-order valence-corrected chi connectivity index (χ0v) is 10.2. The summed E-state index contributed by atoms with van der Waals surface area (Å²) in [7, 11) is 0. The SMILES string of the molecule is CC(=O)N(C(=CC1CC1)C(=O)O)c1ccccc1.